The Morgan fingerprint density at radius 1 is 0.643 bits per heavy atom. The van der Waals surface area contributed by atoms with Gasteiger partial charge in [0.15, 0.2) is 0 Å². The van der Waals surface area contributed by atoms with Gasteiger partial charge in [-0.05, 0) is 60.7 Å². The fraction of sp³-hybridized carbons (Fsp3) is 0.0909. The average Bonchev–Trinajstić information content (AvgIpc) is 2.69. The summed E-state index contributed by atoms with van der Waals surface area (Å²) in [7, 11) is 3.92. The fourth-order valence-corrected chi connectivity index (χ4v) is 2.57. The Hall–Kier alpha value is -3.80. The number of rotatable bonds is 5. The summed E-state index contributed by atoms with van der Waals surface area (Å²) in [5.74, 6) is -0.210. The molecule has 0 unspecified atom stereocenters. The van der Waals surface area contributed by atoms with E-state index in [0.717, 1.165) is 11.4 Å². The van der Waals surface area contributed by atoms with Gasteiger partial charge in [-0.2, -0.15) is 0 Å². The lowest BCUT2D eigenvalue weighted by atomic mass is 10.2. The monoisotopic (exact) mass is 374 g/mol. The lowest BCUT2D eigenvalue weighted by molar-refractivity contribution is 0.102. The van der Waals surface area contributed by atoms with E-state index in [4.69, 9.17) is 0 Å². The molecular formula is C22H22N4O2. The van der Waals surface area contributed by atoms with Crippen molar-refractivity contribution in [1.82, 2.24) is 0 Å². The number of para-hydroxylation sites is 1. The Bertz CT molecular complexity index is 937. The van der Waals surface area contributed by atoms with Crippen LogP contribution in [0.5, 0.6) is 0 Å². The number of carbonyl (C=O) groups excluding carboxylic acids is 2. The first-order valence-electron chi connectivity index (χ1n) is 8.83. The molecule has 0 aliphatic rings. The molecule has 0 aliphatic carbocycles. The third-order valence-electron chi connectivity index (χ3n) is 4.08. The summed E-state index contributed by atoms with van der Waals surface area (Å²) in [6.45, 7) is 0. The standard InChI is InChI=1S/C22H22N4O2/c1-26(2)20-14-12-18(13-15-20)23-21(27)16-8-10-19(11-9-16)25-22(28)24-17-6-4-3-5-7-17/h3-15H,1-2H3,(H,23,27)(H2,24,25,28). The molecule has 0 saturated heterocycles. The number of nitrogens with one attached hydrogen (secondary N) is 3. The van der Waals surface area contributed by atoms with Gasteiger partial charge in [-0.25, -0.2) is 4.79 Å². The summed E-state index contributed by atoms with van der Waals surface area (Å²) < 4.78 is 0. The molecule has 28 heavy (non-hydrogen) atoms. The zero-order valence-electron chi connectivity index (χ0n) is 15.8. The second-order valence-corrected chi connectivity index (χ2v) is 6.42. The van der Waals surface area contributed by atoms with Crippen LogP contribution in [-0.4, -0.2) is 26.0 Å². The van der Waals surface area contributed by atoms with Crippen molar-refractivity contribution in [1.29, 1.82) is 0 Å². The minimum absolute atomic E-state index is 0.210. The van der Waals surface area contributed by atoms with Crippen LogP contribution < -0.4 is 20.9 Å². The Balaban J connectivity index is 1.57. The maximum atomic E-state index is 12.4. The van der Waals surface area contributed by atoms with Gasteiger partial charge in [-0.15, -0.1) is 0 Å². The van der Waals surface area contributed by atoms with Crippen molar-refractivity contribution in [2.45, 2.75) is 0 Å². The van der Waals surface area contributed by atoms with Crippen LogP contribution in [0.15, 0.2) is 78.9 Å². The van der Waals surface area contributed by atoms with E-state index in [1.807, 2.05) is 61.5 Å². The van der Waals surface area contributed by atoms with Crippen molar-refractivity contribution in [3.8, 4) is 0 Å². The summed E-state index contributed by atoms with van der Waals surface area (Å²) in [5.41, 5.74) is 3.59. The van der Waals surface area contributed by atoms with E-state index < -0.39 is 0 Å². The van der Waals surface area contributed by atoms with E-state index >= 15 is 0 Å². The molecule has 3 amide bonds. The SMILES string of the molecule is CN(C)c1ccc(NC(=O)c2ccc(NC(=O)Nc3ccccc3)cc2)cc1. The molecule has 6 nitrogen and oxygen atoms in total. The summed E-state index contributed by atoms with van der Waals surface area (Å²) >= 11 is 0. The highest BCUT2D eigenvalue weighted by atomic mass is 16.2. The lowest BCUT2D eigenvalue weighted by Gasteiger charge is -2.13. The maximum Gasteiger partial charge on any atom is 0.323 e. The van der Waals surface area contributed by atoms with Gasteiger partial charge in [0.25, 0.3) is 5.91 Å². The van der Waals surface area contributed by atoms with Crippen LogP contribution in [-0.2, 0) is 0 Å². The van der Waals surface area contributed by atoms with Gasteiger partial charge in [0.2, 0.25) is 0 Å². The van der Waals surface area contributed by atoms with E-state index in [1.165, 1.54) is 0 Å². The first-order valence-corrected chi connectivity index (χ1v) is 8.83. The van der Waals surface area contributed by atoms with Gasteiger partial charge >= 0.3 is 6.03 Å². The van der Waals surface area contributed by atoms with Crippen LogP contribution in [0.25, 0.3) is 0 Å². The van der Waals surface area contributed by atoms with E-state index in [9.17, 15) is 9.59 Å². The minimum Gasteiger partial charge on any atom is -0.378 e. The largest absolute Gasteiger partial charge is 0.378 e. The third kappa shape index (κ3) is 5.11. The molecule has 6 heteroatoms. The molecule has 0 spiro atoms. The fourth-order valence-electron chi connectivity index (χ4n) is 2.57. The maximum absolute atomic E-state index is 12.4. The first kappa shape index (κ1) is 19.0. The Labute approximate surface area is 164 Å². The molecule has 0 radical (unpaired) electrons. The molecule has 3 N–H and O–H groups in total. The van der Waals surface area contributed by atoms with E-state index in [1.54, 1.807) is 36.4 Å². The molecular weight excluding hydrogens is 352 g/mol. The number of carbonyl (C=O) groups is 2. The molecule has 0 aromatic heterocycles. The third-order valence-corrected chi connectivity index (χ3v) is 4.08. The Kier molecular flexibility index (Phi) is 5.91. The average molecular weight is 374 g/mol. The van der Waals surface area contributed by atoms with Crippen LogP contribution in [0.3, 0.4) is 0 Å². The predicted molar refractivity (Wildman–Crippen MR) is 114 cm³/mol. The molecule has 142 valence electrons. The molecule has 0 heterocycles. The number of amides is 3. The molecule has 0 aliphatic heterocycles. The van der Waals surface area contributed by atoms with Gasteiger partial charge in [0.05, 0.1) is 0 Å². The van der Waals surface area contributed by atoms with Gasteiger partial charge in [0, 0.05) is 42.4 Å². The van der Waals surface area contributed by atoms with Crippen molar-refractivity contribution >= 4 is 34.7 Å². The number of hydrogen-bond donors (Lipinski definition) is 3. The molecule has 3 aromatic rings. The molecule has 3 rings (SSSR count). The normalized spacial score (nSPS) is 10.1. The van der Waals surface area contributed by atoms with E-state index in [2.05, 4.69) is 16.0 Å². The van der Waals surface area contributed by atoms with E-state index in [-0.39, 0.29) is 11.9 Å². The van der Waals surface area contributed by atoms with Crippen LogP contribution in [0.1, 0.15) is 10.4 Å². The zero-order chi connectivity index (χ0) is 19.9. The molecule has 3 aromatic carbocycles. The molecule has 0 atom stereocenters. The number of nitrogens with zero attached hydrogens (tertiary/aromatic N) is 1. The second-order valence-electron chi connectivity index (χ2n) is 6.42. The van der Waals surface area contributed by atoms with Gasteiger partial charge in [-0.3, -0.25) is 4.79 Å². The van der Waals surface area contributed by atoms with Crippen molar-refractivity contribution in [3.05, 3.63) is 84.4 Å². The highest BCUT2D eigenvalue weighted by Crippen LogP contribution is 2.17. The highest BCUT2D eigenvalue weighted by Gasteiger charge is 2.08. The van der Waals surface area contributed by atoms with Crippen LogP contribution in [0.4, 0.5) is 27.5 Å². The van der Waals surface area contributed by atoms with Crippen LogP contribution in [0.2, 0.25) is 0 Å². The van der Waals surface area contributed by atoms with Crippen molar-refractivity contribution < 1.29 is 9.59 Å². The highest BCUT2D eigenvalue weighted by molar-refractivity contribution is 6.05. The minimum atomic E-state index is -0.343. The van der Waals surface area contributed by atoms with Crippen LogP contribution in [0, 0.1) is 0 Å². The first-order chi connectivity index (χ1) is 13.5. The number of benzene rings is 3. The van der Waals surface area contributed by atoms with Crippen molar-refractivity contribution in [2.24, 2.45) is 0 Å². The van der Waals surface area contributed by atoms with Gasteiger partial charge < -0.3 is 20.9 Å². The van der Waals surface area contributed by atoms with Crippen molar-refractivity contribution in [2.75, 3.05) is 34.9 Å². The summed E-state index contributed by atoms with van der Waals surface area (Å²) in [6, 6.07) is 23.1. The number of hydrogen-bond acceptors (Lipinski definition) is 3. The van der Waals surface area contributed by atoms with Gasteiger partial charge in [-0.1, -0.05) is 18.2 Å². The van der Waals surface area contributed by atoms with E-state index in [0.29, 0.717) is 16.9 Å². The molecule has 0 saturated carbocycles. The lowest BCUT2D eigenvalue weighted by Crippen LogP contribution is -2.19. The Morgan fingerprint density at radius 3 is 1.71 bits per heavy atom. The molecule has 0 bridgehead atoms. The summed E-state index contributed by atoms with van der Waals surface area (Å²) in [6.07, 6.45) is 0. The summed E-state index contributed by atoms with van der Waals surface area (Å²) in [4.78, 5) is 26.4. The zero-order valence-corrected chi connectivity index (χ0v) is 15.8. The predicted octanol–water partition coefficient (Wildman–Crippen LogP) is 4.65. The number of anilines is 4. The summed E-state index contributed by atoms with van der Waals surface area (Å²) in [5, 5.41) is 8.34. The smallest absolute Gasteiger partial charge is 0.323 e. The van der Waals surface area contributed by atoms with Crippen molar-refractivity contribution in [3.63, 3.8) is 0 Å². The molecule has 0 fully saturated rings. The van der Waals surface area contributed by atoms with Gasteiger partial charge in [0.1, 0.15) is 0 Å². The second kappa shape index (κ2) is 8.73. The quantitative estimate of drug-likeness (QED) is 0.609. The topological polar surface area (TPSA) is 73.5 Å². The number of urea groups is 1. The van der Waals surface area contributed by atoms with Crippen LogP contribution >= 0.6 is 0 Å². The Morgan fingerprint density at radius 2 is 1.14 bits per heavy atom.